The minimum atomic E-state index is -0.427. The van der Waals surface area contributed by atoms with Crippen molar-refractivity contribution in [1.82, 2.24) is 15.1 Å². The lowest BCUT2D eigenvalue weighted by Gasteiger charge is -2.34. The Morgan fingerprint density at radius 2 is 2.25 bits per heavy atom. The maximum absolute atomic E-state index is 12.0. The number of nitrogens with zero attached hydrogens (tertiary/aromatic N) is 3. The van der Waals surface area contributed by atoms with Crippen LogP contribution in [0.4, 0.5) is 5.13 Å². The molecule has 1 fully saturated rings. The van der Waals surface area contributed by atoms with Crippen molar-refractivity contribution < 1.29 is 9.32 Å². The van der Waals surface area contributed by atoms with E-state index in [0.29, 0.717) is 28.1 Å². The van der Waals surface area contributed by atoms with E-state index in [1.165, 1.54) is 22.7 Å². The van der Waals surface area contributed by atoms with Gasteiger partial charge in [-0.15, -0.1) is 22.7 Å². The van der Waals surface area contributed by atoms with Crippen LogP contribution in [0.15, 0.2) is 27.4 Å². The maximum Gasteiger partial charge on any atom is 0.267 e. The minimum Gasteiger partial charge on any atom is -0.339 e. The third-order valence-electron chi connectivity index (χ3n) is 4.01. The van der Waals surface area contributed by atoms with Crippen LogP contribution >= 0.6 is 22.7 Å². The Bertz CT molecular complexity index is 851. The van der Waals surface area contributed by atoms with Gasteiger partial charge < -0.3 is 10.3 Å². The molecule has 0 bridgehead atoms. The molecule has 0 aliphatic heterocycles. The molecule has 0 aromatic carbocycles. The fourth-order valence-corrected chi connectivity index (χ4v) is 3.80. The predicted octanol–water partition coefficient (Wildman–Crippen LogP) is 2.77. The molecule has 0 atom stereocenters. The number of thiophene rings is 1. The lowest BCUT2D eigenvalue weighted by Crippen LogP contribution is -2.44. The molecule has 7 nitrogen and oxygen atoms in total. The van der Waals surface area contributed by atoms with Crippen molar-refractivity contribution in [2.75, 3.05) is 5.32 Å². The van der Waals surface area contributed by atoms with Gasteiger partial charge in [-0.2, -0.15) is 4.98 Å². The Hall–Kier alpha value is -2.10. The summed E-state index contributed by atoms with van der Waals surface area (Å²) in [5, 5.41) is 11.1. The number of nitrogens with one attached hydrogen (secondary N) is 1. The van der Waals surface area contributed by atoms with Gasteiger partial charge in [0.05, 0.1) is 22.5 Å². The summed E-state index contributed by atoms with van der Waals surface area (Å²) in [5.74, 6) is 0.911. The molecule has 9 heteroatoms. The number of hydrogen-bond acceptors (Lipinski definition) is 8. The van der Waals surface area contributed by atoms with Crippen molar-refractivity contribution in [2.45, 2.75) is 31.2 Å². The first-order valence-corrected chi connectivity index (χ1v) is 9.29. The summed E-state index contributed by atoms with van der Waals surface area (Å²) in [4.78, 5) is 21.4. The molecule has 0 spiro atoms. The van der Waals surface area contributed by atoms with Gasteiger partial charge in [0.15, 0.2) is 11.0 Å². The number of amides is 1. The van der Waals surface area contributed by atoms with Crippen LogP contribution < -0.4 is 11.1 Å². The van der Waals surface area contributed by atoms with Gasteiger partial charge in [-0.3, -0.25) is 10.1 Å². The van der Waals surface area contributed by atoms with Crippen molar-refractivity contribution >= 4 is 33.7 Å². The quantitative estimate of drug-likeness (QED) is 0.723. The largest absolute Gasteiger partial charge is 0.339 e. The van der Waals surface area contributed by atoms with Crippen LogP contribution in [-0.2, 0) is 12.0 Å². The van der Waals surface area contributed by atoms with Crippen LogP contribution in [0.2, 0.25) is 0 Å². The van der Waals surface area contributed by atoms with Crippen LogP contribution in [0.5, 0.6) is 0 Å². The summed E-state index contributed by atoms with van der Waals surface area (Å²) in [6.07, 6.45) is 3.30. The molecule has 3 N–H and O–H groups in total. The van der Waals surface area contributed by atoms with Gasteiger partial charge in [0, 0.05) is 5.38 Å². The molecule has 0 unspecified atom stereocenters. The molecule has 4 rings (SSSR count). The number of hydrogen-bond donors (Lipinski definition) is 2. The molecule has 0 saturated heterocycles. The van der Waals surface area contributed by atoms with E-state index in [9.17, 15) is 4.79 Å². The van der Waals surface area contributed by atoms with Gasteiger partial charge in [0.1, 0.15) is 0 Å². The van der Waals surface area contributed by atoms with Gasteiger partial charge in [0.25, 0.3) is 5.91 Å². The maximum atomic E-state index is 12.0. The van der Waals surface area contributed by atoms with E-state index in [1.807, 2.05) is 16.8 Å². The van der Waals surface area contributed by atoms with Crippen LogP contribution in [0.3, 0.4) is 0 Å². The monoisotopic (exact) mass is 361 g/mol. The van der Waals surface area contributed by atoms with Crippen molar-refractivity contribution in [2.24, 2.45) is 5.73 Å². The van der Waals surface area contributed by atoms with Crippen molar-refractivity contribution in [3.05, 3.63) is 45.2 Å². The van der Waals surface area contributed by atoms with E-state index < -0.39 is 5.54 Å². The summed E-state index contributed by atoms with van der Waals surface area (Å²) < 4.78 is 5.28. The van der Waals surface area contributed by atoms with E-state index in [4.69, 9.17) is 10.3 Å². The van der Waals surface area contributed by atoms with Crippen LogP contribution in [0, 0.1) is 0 Å². The third-order valence-corrected chi connectivity index (χ3v) is 5.68. The third kappa shape index (κ3) is 2.97. The highest BCUT2D eigenvalue weighted by molar-refractivity contribution is 7.14. The first-order chi connectivity index (χ1) is 11.6. The molecule has 124 valence electrons. The molecule has 3 heterocycles. The molecule has 1 aliphatic carbocycles. The number of aromatic nitrogens is 3. The number of rotatable bonds is 5. The summed E-state index contributed by atoms with van der Waals surface area (Å²) in [7, 11) is 0. The summed E-state index contributed by atoms with van der Waals surface area (Å²) >= 11 is 2.76. The molecule has 1 aliphatic rings. The van der Waals surface area contributed by atoms with Gasteiger partial charge in [-0.1, -0.05) is 11.2 Å². The van der Waals surface area contributed by atoms with E-state index in [2.05, 4.69) is 20.4 Å². The van der Waals surface area contributed by atoms with Crippen LogP contribution in [-0.4, -0.2) is 21.0 Å². The van der Waals surface area contributed by atoms with Gasteiger partial charge in [0.2, 0.25) is 5.89 Å². The Labute approximate surface area is 145 Å². The van der Waals surface area contributed by atoms with Crippen molar-refractivity contribution in [3.63, 3.8) is 0 Å². The summed E-state index contributed by atoms with van der Waals surface area (Å²) in [6, 6.07) is 3.62. The van der Waals surface area contributed by atoms with E-state index in [-0.39, 0.29) is 5.91 Å². The Balaban J connectivity index is 1.41. The zero-order valence-corrected chi connectivity index (χ0v) is 14.3. The lowest BCUT2D eigenvalue weighted by molar-refractivity contribution is 0.103. The summed E-state index contributed by atoms with van der Waals surface area (Å²) in [5.41, 5.74) is 6.54. The first kappa shape index (κ1) is 15.4. The second-order valence-corrected chi connectivity index (χ2v) is 7.58. The molecular formula is C15H15N5O2S2. The van der Waals surface area contributed by atoms with Crippen molar-refractivity contribution in [1.29, 1.82) is 0 Å². The van der Waals surface area contributed by atoms with Gasteiger partial charge >= 0.3 is 0 Å². The van der Waals surface area contributed by atoms with Crippen LogP contribution in [0.25, 0.3) is 0 Å². The fourth-order valence-electron chi connectivity index (χ4n) is 2.48. The molecule has 0 radical (unpaired) electrons. The lowest BCUT2D eigenvalue weighted by atomic mass is 9.77. The Morgan fingerprint density at radius 3 is 2.96 bits per heavy atom. The molecule has 3 aromatic heterocycles. The Kier molecular flexibility index (Phi) is 3.91. The molecule has 1 amide bonds. The molecule has 3 aromatic rings. The topological polar surface area (TPSA) is 107 Å². The average molecular weight is 361 g/mol. The second-order valence-electron chi connectivity index (χ2n) is 5.77. The van der Waals surface area contributed by atoms with E-state index >= 15 is 0 Å². The number of anilines is 1. The molecular weight excluding hydrogens is 346 g/mol. The molecule has 1 saturated carbocycles. The Morgan fingerprint density at radius 1 is 1.38 bits per heavy atom. The zero-order valence-electron chi connectivity index (χ0n) is 12.7. The highest BCUT2D eigenvalue weighted by atomic mass is 32.1. The zero-order chi connectivity index (χ0) is 16.6. The highest BCUT2D eigenvalue weighted by Crippen LogP contribution is 2.37. The number of thiazole rings is 1. The second kappa shape index (κ2) is 6.08. The summed E-state index contributed by atoms with van der Waals surface area (Å²) in [6.45, 7) is 0. The smallest absolute Gasteiger partial charge is 0.267 e. The average Bonchev–Trinajstić information content (AvgIpc) is 3.26. The first-order valence-electron chi connectivity index (χ1n) is 7.54. The SMILES string of the molecule is NC1(c2noc(Cc3csc(NC(=O)c4cccs4)n3)n2)CCC1. The molecule has 24 heavy (non-hydrogen) atoms. The van der Waals surface area contributed by atoms with E-state index in [0.717, 1.165) is 25.0 Å². The fraction of sp³-hybridized carbons (Fsp3) is 0.333. The standard InChI is InChI=1S/C15H15N5O2S2/c16-15(4-2-5-15)13-18-11(22-20-13)7-9-8-24-14(17-9)19-12(21)10-3-1-6-23-10/h1,3,6,8H,2,4-5,7,16H2,(H,17,19,21). The number of carbonyl (C=O) groups excluding carboxylic acids is 1. The van der Waals surface area contributed by atoms with Crippen LogP contribution in [0.1, 0.15) is 46.3 Å². The normalized spacial score (nSPS) is 15.9. The van der Waals surface area contributed by atoms with Gasteiger partial charge in [-0.25, -0.2) is 4.98 Å². The predicted molar refractivity (Wildman–Crippen MR) is 91.2 cm³/mol. The van der Waals surface area contributed by atoms with Gasteiger partial charge in [-0.05, 0) is 30.7 Å². The number of nitrogens with two attached hydrogens (primary N) is 1. The van der Waals surface area contributed by atoms with Crippen molar-refractivity contribution in [3.8, 4) is 0 Å². The van der Waals surface area contributed by atoms with E-state index in [1.54, 1.807) is 6.07 Å². The highest BCUT2D eigenvalue weighted by Gasteiger charge is 2.38. The minimum absolute atomic E-state index is 0.152. The number of carbonyl (C=O) groups is 1.